The minimum Gasteiger partial charge on any atom is -0.366 e. The number of hydrogen-bond donors (Lipinski definition) is 1. The van der Waals surface area contributed by atoms with E-state index in [-0.39, 0.29) is 0 Å². The van der Waals surface area contributed by atoms with E-state index in [4.69, 9.17) is 11.6 Å². The Balaban J connectivity index is 1.85. The van der Waals surface area contributed by atoms with Crippen LogP contribution in [0.3, 0.4) is 0 Å². The number of anilines is 1. The Morgan fingerprint density at radius 2 is 2.05 bits per heavy atom. The van der Waals surface area contributed by atoms with Crippen LogP contribution in [0.5, 0.6) is 0 Å². The monoisotopic (exact) mass is 316 g/mol. The number of pyridine rings is 1. The summed E-state index contributed by atoms with van der Waals surface area (Å²) in [5.74, 6) is 0.715. The summed E-state index contributed by atoms with van der Waals surface area (Å²) in [5.41, 5.74) is 2.12. The summed E-state index contributed by atoms with van der Waals surface area (Å²) in [6.07, 6.45) is 3.73. The van der Waals surface area contributed by atoms with Crippen LogP contribution in [-0.2, 0) is 6.54 Å². The summed E-state index contributed by atoms with van der Waals surface area (Å²) in [4.78, 5) is 12.9. The molecule has 0 unspecified atom stereocenters. The van der Waals surface area contributed by atoms with Gasteiger partial charge in [0.1, 0.15) is 11.0 Å². The van der Waals surface area contributed by atoms with Gasteiger partial charge in [0, 0.05) is 24.2 Å². The third-order valence-corrected chi connectivity index (χ3v) is 3.77. The van der Waals surface area contributed by atoms with Crippen molar-refractivity contribution in [2.45, 2.75) is 11.7 Å². The fourth-order valence-electron chi connectivity index (χ4n) is 2.07. The zero-order chi connectivity index (χ0) is 14.7. The number of fused-ring (bicyclic) bond motifs is 1. The lowest BCUT2D eigenvalue weighted by molar-refractivity contribution is 0.957. The number of thioether (sulfide) groups is 1. The zero-order valence-electron chi connectivity index (χ0n) is 11.4. The highest BCUT2D eigenvalue weighted by Crippen LogP contribution is 2.20. The van der Waals surface area contributed by atoms with Gasteiger partial charge in [-0.15, -0.1) is 0 Å². The predicted octanol–water partition coefficient (Wildman–Crippen LogP) is 4.01. The number of benzene rings is 1. The van der Waals surface area contributed by atoms with Gasteiger partial charge >= 0.3 is 0 Å². The topological polar surface area (TPSA) is 50.7 Å². The van der Waals surface area contributed by atoms with Gasteiger partial charge in [-0.2, -0.15) is 0 Å². The molecule has 6 heteroatoms. The molecule has 0 spiro atoms. The summed E-state index contributed by atoms with van der Waals surface area (Å²) in [7, 11) is 0. The molecule has 106 valence electrons. The number of halogens is 1. The first-order valence-electron chi connectivity index (χ1n) is 6.41. The molecule has 21 heavy (non-hydrogen) atoms. The number of nitrogens with one attached hydrogen (secondary N) is 1. The van der Waals surface area contributed by atoms with Crippen LogP contribution in [0.4, 0.5) is 5.82 Å². The summed E-state index contributed by atoms with van der Waals surface area (Å²) in [6.45, 7) is 0.634. The first-order valence-corrected chi connectivity index (χ1v) is 8.01. The molecule has 1 aromatic carbocycles. The fourth-order valence-corrected chi connectivity index (χ4v) is 2.69. The largest absolute Gasteiger partial charge is 0.366 e. The molecule has 2 heterocycles. The SMILES string of the molecule is CSc1nc(Cl)cc(NCc2cccc3cccnc23)n1. The molecule has 0 saturated heterocycles. The van der Waals surface area contributed by atoms with Gasteiger partial charge in [0.2, 0.25) is 0 Å². The summed E-state index contributed by atoms with van der Waals surface area (Å²) >= 11 is 7.45. The van der Waals surface area contributed by atoms with E-state index >= 15 is 0 Å². The van der Waals surface area contributed by atoms with Gasteiger partial charge in [0.15, 0.2) is 5.16 Å². The third-order valence-electron chi connectivity index (χ3n) is 3.03. The number of para-hydroxylation sites is 1. The van der Waals surface area contributed by atoms with Crippen LogP contribution in [0.15, 0.2) is 47.8 Å². The maximum absolute atomic E-state index is 5.99. The van der Waals surface area contributed by atoms with Gasteiger partial charge in [-0.1, -0.05) is 47.6 Å². The van der Waals surface area contributed by atoms with Crippen LogP contribution in [0, 0.1) is 0 Å². The molecule has 0 amide bonds. The van der Waals surface area contributed by atoms with E-state index in [0.717, 1.165) is 16.5 Å². The second kappa shape index (κ2) is 6.28. The number of nitrogens with zero attached hydrogens (tertiary/aromatic N) is 3. The van der Waals surface area contributed by atoms with Gasteiger partial charge in [0.05, 0.1) is 5.52 Å². The minimum absolute atomic E-state index is 0.438. The van der Waals surface area contributed by atoms with E-state index in [1.165, 1.54) is 11.8 Å². The normalized spacial score (nSPS) is 10.8. The van der Waals surface area contributed by atoms with Crippen molar-refractivity contribution in [2.24, 2.45) is 0 Å². The molecule has 3 aromatic rings. The van der Waals surface area contributed by atoms with Crippen LogP contribution in [-0.4, -0.2) is 21.2 Å². The van der Waals surface area contributed by atoms with E-state index in [2.05, 4.69) is 38.5 Å². The van der Waals surface area contributed by atoms with Gasteiger partial charge in [-0.05, 0) is 17.9 Å². The predicted molar refractivity (Wildman–Crippen MR) is 87.9 cm³/mol. The van der Waals surface area contributed by atoms with Crippen LogP contribution in [0.25, 0.3) is 10.9 Å². The van der Waals surface area contributed by atoms with Crippen LogP contribution < -0.4 is 5.32 Å². The van der Waals surface area contributed by atoms with Gasteiger partial charge in [0.25, 0.3) is 0 Å². The Bertz CT molecular complexity index is 773. The summed E-state index contributed by atoms with van der Waals surface area (Å²) in [6, 6.07) is 11.9. The van der Waals surface area contributed by atoms with Gasteiger partial charge in [-0.25, -0.2) is 9.97 Å². The van der Waals surface area contributed by atoms with Crippen molar-refractivity contribution >= 4 is 40.1 Å². The molecule has 0 fully saturated rings. The van der Waals surface area contributed by atoms with Crippen molar-refractivity contribution in [3.63, 3.8) is 0 Å². The van der Waals surface area contributed by atoms with E-state index in [9.17, 15) is 0 Å². The average Bonchev–Trinajstić information content (AvgIpc) is 2.52. The Hall–Kier alpha value is -1.85. The van der Waals surface area contributed by atoms with Crippen molar-refractivity contribution in [3.05, 3.63) is 53.3 Å². The summed E-state index contributed by atoms with van der Waals surface area (Å²) in [5, 5.41) is 5.50. The van der Waals surface area contributed by atoms with Crippen molar-refractivity contribution in [1.29, 1.82) is 0 Å². The van der Waals surface area contributed by atoms with E-state index in [0.29, 0.717) is 22.7 Å². The Morgan fingerprint density at radius 3 is 2.90 bits per heavy atom. The molecule has 0 saturated carbocycles. The molecule has 2 aromatic heterocycles. The standard InChI is InChI=1S/C15H13ClN4S/c1-21-15-19-12(16)8-13(20-15)18-9-11-5-2-4-10-6-3-7-17-14(10)11/h2-8H,9H2,1H3,(H,18,19,20). The third kappa shape index (κ3) is 3.25. The fraction of sp³-hybridized carbons (Fsp3) is 0.133. The van der Waals surface area contributed by atoms with Crippen LogP contribution in [0.1, 0.15) is 5.56 Å². The molecule has 4 nitrogen and oxygen atoms in total. The van der Waals surface area contributed by atoms with Gasteiger partial charge in [-0.3, -0.25) is 4.98 Å². The maximum atomic E-state index is 5.99. The van der Waals surface area contributed by atoms with E-state index < -0.39 is 0 Å². The van der Waals surface area contributed by atoms with Crippen LogP contribution in [0.2, 0.25) is 5.15 Å². The average molecular weight is 317 g/mol. The molecule has 0 radical (unpaired) electrons. The lowest BCUT2D eigenvalue weighted by Gasteiger charge is -2.09. The molecule has 0 atom stereocenters. The first kappa shape index (κ1) is 14.1. The molecule has 3 rings (SSSR count). The second-order valence-electron chi connectivity index (χ2n) is 4.41. The number of aromatic nitrogens is 3. The Kier molecular flexibility index (Phi) is 4.22. The van der Waals surface area contributed by atoms with Crippen molar-refractivity contribution in [2.75, 3.05) is 11.6 Å². The second-order valence-corrected chi connectivity index (χ2v) is 5.57. The minimum atomic E-state index is 0.438. The van der Waals surface area contributed by atoms with Gasteiger partial charge < -0.3 is 5.32 Å². The quantitative estimate of drug-likeness (QED) is 0.448. The highest BCUT2D eigenvalue weighted by Gasteiger charge is 2.05. The van der Waals surface area contributed by atoms with E-state index in [1.807, 2.05) is 18.4 Å². The number of rotatable bonds is 4. The number of hydrogen-bond acceptors (Lipinski definition) is 5. The Labute approximate surface area is 132 Å². The van der Waals surface area contributed by atoms with Crippen molar-refractivity contribution in [1.82, 2.24) is 15.0 Å². The maximum Gasteiger partial charge on any atom is 0.190 e. The smallest absolute Gasteiger partial charge is 0.190 e. The molecule has 0 aliphatic heterocycles. The molecular formula is C15H13ClN4S. The molecular weight excluding hydrogens is 304 g/mol. The van der Waals surface area contributed by atoms with Crippen molar-refractivity contribution < 1.29 is 0 Å². The molecule has 0 aliphatic carbocycles. The lowest BCUT2D eigenvalue weighted by atomic mass is 10.1. The van der Waals surface area contributed by atoms with E-state index in [1.54, 1.807) is 12.3 Å². The molecule has 0 bridgehead atoms. The first-order chi connectivity index (χ1) is 10.3. The Morgan fingerprint density at radius 1 is 1.19 bits per heavy atom. The highest BCUT2D eigenvalue weighted by atomic mass is 35.5. The highest BCUT2D eigenvalue weighted by molar-refractivity contribution is 7.98. The molecule has 0 aliphatic rings. The lowest BCUT2D eigenvalue weighted by Crippen LogP contribution is -2.03. The van der Waals surface area contributed by atoms with Crippen molar-refractivity contribution in [3.8, 4) is 0 Å². The van der Waals surface area contributed by atoms with Crippen LogP contribution >= 0.6 is 23.4 Å². The molecule has 1 N–H and O–H groups in total. The summed E-state index contributed by atoms with van der Waals surface area (Å²) < 4.78 is 0. The zero-order valence-corrected chi connectivity index (χ0v) is 12.9.